The SMILES string of the molecule is NCc1c(OC(F)(F)F)cc(I)nc1[N+](=O)[O-]. The molecule has 94 valence electrons. The Morgan fingerprint density at radius 1 is 1.59 bits per heavy atom. The summed E-state index contributed by atoms with van der Waals surface area (Å²) in [5.74, 6) is -1.44. The van der Waals surface area contributed by atoms with Gasteiger partial charge in [0, 0.05) is 35.2 Å². The monoisotopic (exact) mass is 363 g/mol. The smallest absolute Gasteiger partial charge is 0.405 e. The lowest BCUT2D eigenvalue weighted by Crippen LogP contribution is -2.19. The molecule has 0 saturated heterocycles. The highest BCUT2D eigenvalue weighted by atomic mass is 127. The molecule has 10 heteroatoms. The van der Waals surface area contributed by atoms with Crippen LogP contribution in [0.2, 0.25) is 0 Å². The Kier molecular flexibility index (Phi) is 4.08. The Labute approximate surface area is 106 Å². The molecule has 1 heterocycles. The maximum absolute atomic E-state index is 12.1. The summed E-state index contributed by atoms with van der Waals surface area (Å²) in [7, 11) is 0. The van der Waals surface area contributed by atoms with Gasteiger partial charge in [0.15, 0.2) is 0 Å². The lowest BCUT2D eigenvalue weighted by molar-refractivity contribution is -0.390. The quantitative estimate of drug-likeness (QED) is 0.384. The van der Waals surface area contributed by atoms with Gasteiger partial charge in [-0.1, -0.05) is 0 Å². The van der Waals surface area contributed by atoms with E-state index in [1.54, 1.807) is 22.6 Å². The summed E-state index contributed by atoms with van der Waals surface area (Å²) in [5, 5.41) is 10.6. The maximum atomic E-state index is 12.1. The summed E-state index contributed by atoms with van der Waals surface area (Å²) >= 11 is 1.55. The molecule has 0 fully saturated rings. The van der Waals surface area contributed by atoms with E-state index >= 15 is 0 Å². The normalized spacial score (nSPS) is 11.4. The van der Waals surface area contributed by atoms with Crippen LogP contribution in [0.25, 0.3) is 0 Å². The van der Waals surface area contributed by atoms with E-state index < -0.39 is 35.0 Å². The minimum atomic E-state index is -4.94. The predicted molar refractivity (Wildman–Crippen MR) is 58.2 cm³/mol. The van der Waals surface area contributed by atoms with Crippen LogP contribution >= 0.6 is 22.6 Å². The second-order valence-corrected chi connectivity index (χ2v) is 3.86. The van der Waals surface area contributed by atoms with E-state index in [1.165, 1.54) is 0 Å². The Balaban J connectivity index is 3.33. The van der Waals surface area contributed by atoms with Crippen LogP contribution < -0.4 is 10.5 Å². The molecule has 1 aromatic heterocycles. The first-order chi connectivity index (χ1) is 7.74. The second-order valence-electron chi connectivity index (χ2n) is 2.75. The highest BCUT2D eigenvalue weighted by molar-refractivity contribution is 14.1. The fourth-order valence-corrected chi connectivity index (χ4v) is 1.58. The molecule has 0 atom stereocenters. The lowest BCUT2D eigenvalue weighted by Gasteiger charge is -2.11. The Bertz CT molecular complexity index is 452. The topological polar surface area (TPSA) is 91.3 Å². The van der Waals surface area contributed by atoms with Gasteiger partial charge in [0.05, 0.1) is 0 Å². The summed E-state index contributed by atoms with van der Waals surface area (Å²) < 4.78 is 39.9. The minimum Gasteiger partial charge on any atom is -0.405 e. The van der Waals surface area contributed by atoms with Gasteiger partial charge in [0.1, 0.15) is 11.3 Å². The highest BCUT2D eigenvalue weighted by Gasteiger charge is 2.34. The Morgan fingerprint density at radius 2 is 2.18 bits per heavy atom. The number of aromatic nitrogens is 1. The van der Waals surface area contributed by atoms with Crippen molar-refractivity contribution in [3.05, 3.63) is 25.4 Å². The highest BCUT2D eigenvalue weighted by Crippen LogP contribution is 2.32. The van der Waals surface area contributed by atoms with Crippen LogP contribution in [-0.4, -0.2) is 16.3 Å². The number of ether oxygens (including phenoxy) is 1. The van der Waals surface area contributed by atoms with E-state index in [1.807, 2.05) is 0 Å². The fraction of sp³-hybridized carbons (Fsp3) is 0.286. The third-order valence-corrected chi connectivity index (χ3v) is 2.19. The van der Waals surface area contributed by atoms with Crippen LogP contribution in [0.4, 0.5) is 19.0 Å². The Hall–Kier alpha value is -1.17. The number of hydrogen-bond acceptors (Lipinski definition) is 5. The summed E-state index contributed by atoms with van der Waals surface area (Å²) in [6.45, 7) is -0.481. The van der Waals surface area contributed by atoms with Gasteiger partial charge in [-0.15, -0.1) is 13.2 Å². The van der Waals surface area contributed by atoms with Crippen LogP contribution in [-0.2, 0) is 6.54 Å². The van der Waals surface area contributed by atoms with Crippen molar-refractivity contribution in [2.24, 2.45) is 5.73 Å². The fourth-order valence-electron chi connectivity index (χ4n) is 1.07. The molecule has 2 N–H and O–H groups in total. The van der Waals surface area contributed by atoms with Crippen LogP contribution in [0.3, 0.4) is 0 Å². The number of nitrogens with zero attached hydrogens (tertiary/aromatic N) is 2. The first-order valence-corrected chi connectivity index (χ1v) is 5.12. The summed E-state index contributed by atoms with van der Waals surface area (Å²) in [5.41, 5.74) is 4.77. The molecule has 1 rings (SSSR count). The number of halogens is 4. The average molecular weight is 363 g/mol. The van der Waals surface area contributed by atoms with Gasteiger partial charge in [0.25, 0.3) is 0 Å². The molecule has 17 heavy (non-hydrogen) atoms. The largest absolute Gasteiger partial charge is 0.573 e. The molecule has 0 aliphatic heterocycles. The number of pyridine rings is 1. The third-order valence-electron chi connectivity index (χ3n) is 1.63. The number of rotatable bonds is 3. The summed E-state index contributed by atoms with van der Waals surface area (Å²) in [6, 6.07) is 0.934. The first-order valence-electron chi connectivity index (χ1n) is 4.04. The van der Waals surface area contributed by atoms with Crippen LogP contribution in [0.5, 0.6) is 5.75 Å². The molecule has 0 aromatic carbocycles. The third kappa shape index (κ3) is 3.66. The standard InChI is InChI=1S/C7H5F3IN3O3/c8-7(9,10)17-4-1-5(11)13-6(14(15)16)3(4)2-12/h1H,2,12H2. The summed E-state index contributed by atoms with van der Waals surface area (Å²) in [6.07, 6.45) is -4.94. The van der Waals surface area contributed by atoms with E-state index in [0.29, 0.717) is 0 Å². The van der Waals surface area contributed by atoms with Gasteiger partial charge < -0.3 is 20.6 Å². The van der Waals surface area contributed by atoms with Gasteiger partial charge in [-0.3, -0.25) is 0 Å². The van der Waals surface area contributed by atoms with Crippen LogP contribution in [0.1, 0.15) is 5.56 Å². The van der Waals surface area contributed by atoms with Crippen LogP contribution in [0, 0.1) is 13.8 Å². The number of hydrogen-bond donors (Lipinski definition) is 1. The molecule has 0 bridgehead atoms. The first kappa shape index (κ1) is 13.9. The molecular formula is C7H5F3IN3O3. The predicted octanol–water partition coefficient (Wildman–Crippen LogP) is 1.95. The van der Waals surface area contributed by atoms with E-state index in [2.05, 4.69) is 9.72 Å². The van der Waals surface area contributed by atoms with Crippen molar-refractivity contribution in [3.63, 3.8) is 0 Å². The molecule has 0 aliphatic rings. The Morgan fingerprint density at radius 3 is 2.59 bits per heavy atom. The molecule has 0 saturated carbocycles. The number of alkyl halides is 3. The molecule has 0 radical (unpaired) electrons. The zero-order chi connectivity index (χ0) is 13.2. The molecule has 0 amide bonds. The van der Waals surface area contributed by atoms with Crippen molar-refractivity contribution in [1.29, 1.82) is 0 Å². The van der Waals surface area contributed by atoms with Crippen molar-refractivity contribution in [2.45, 2.75) is 12.9 Å². The molecule has 0 aliphatic carbocycles. The number of nitrogens with two attached hydrogens (primary N) is 1. The molecule has 6 nitrogen and oxygen atoms in total. The van der Waals surface area contributed by atoms with Crippen molar-refractivity contribution in [2.75, 3.05) is 0 Å². The van der Waals surface area contributed by atoms with Gasteiger partial charge in [-0.05, 0) is 9.91 Å². The summed E-state index contributed by atoms with van der Waals surface area (Å²) in [4.78, 5) is 13.2. The van der Waals surface area contributed by atoms with Crippen molar-refractivity contribution < 1.29 is 22.8 Å². The molecular weight excluding hydrogens is 358 g/mol. The minimum absolute atomic E-state index is 0.00532. The van der Waals surface area contributed by atoms with E-state index in [4.69, 9.17) is 5.73 Å². The zero-order valence-corrected chi connectivity index (χ0v) is 10.2. The maximum Gasteiger partial charge on any atom is 0.573 e. The van der Waals surface area contributed by atoms with Crippen molar-refractivity contribution >= 4 is 28.4 Å². The van der Waals surface area contributed by atoms with Crippen LogP contribution in [0.15, 0.2) is 6.07 Å². The average Bonchev–Trinajstić information content (AvgIpc) is 2.14. The molecule has 0 spiro atoms. The van der Waals surface area contributed by atoms with Gasteiger partial charge in [0.2, 0.25) is 3.70 Å². The second kappa shape index (κ2) is 5.00. The van der Waals surface area contributed by atoms with Gasteiger partial charge in [-0.25, -0.2) is 0 Å². The van der Waals surface area contributed by atoms with E-state index in [9.17, 15) is 23.3 Å². The van der Waals surface area contributed by atoms with Crippen molar-refractivity contribution in [3.8, 4) is 5.75 Å². The lowest BCUT2D eigenvalue weighted by atomic mass is 10.2. The number of nitro groups is 1. The van der Waals surface area contributed by atoms with Gasteiger partial charge >= 0.3 is 12.2 Å². The van der Waals surface area contributed by atoms with E-state index in [0.717, 1.165) is 6.07 Å². The zero-order valence-electron chi connectivity index (χ0n) is 7.99. The van der Waals surface area contributed by atoms with Crippen molar-refractivity contribution in [1.82, 2.24) is 4.98 Å². The molecule has 0 unspecified atom stereocenters. The van der Waals surface area contributed by atoms with Gasteiger partial charge in [-0.2, -0.15) is 0 Å². The van der Waals surface area contributed by atoms with E-state index in [-0.39, 0.29) is 3.70 Å². The molecule has 1 aromatic rings.